The number of ether oxygens (including phenoxy) is 2. The quantitative estimate of drug-likeness (QED) is 0.0523. The van der Waals surface area contributed by atoms with E-state index in [0.717, 1.165) is 89.9 Å². The van der Waals surface area contributed by atoms with E-state index < -0.39 is 0 Å². The molecule has 0 amide bonds. The van der Waals surface area contributed by atoms with E-state index in [2.05, 4.69) is 13.8 Å². The highest BCUT2D eigenvalue weighted by Crippen LogP contribution is 2.16. The molecule has 0 heterocycles. The standard InChI is InChI=1S/C39H76O6/c1-3-5-7-21-28-36(40)30-23-17-13-9-11-15-19-25-32-38(42)44-34-27-35-45-39(43)33-26-20-16-12-10-14-18-24-31-37(41)29-22-8-6-4-2/h36-37,40-41H,3-35H2,1-2H3. The van der Waals surface area contributed by atoms with Crippen LogP contribution < -0.4 is 0 Å². The average Bonchev–Trinajstić information content (AvgIpc) is 3.03. The van der Waals surface area contributed by atoms with Crippen LogP contribution >= 0.6 is 0 Å². The summed E-state index contributed by atoms with van der Waals surface area (Å²) in [5.41, 5.74) is 0. The van der Waals surface area contributed by atoms with Crippen molar-refractivity contribution in [1.82, 2.24) is 0 Å². The Hall–Kier alpha value is -1.14. The Morgan fingerprint density at radius 2 is 0.667 bits per heavy atom. The summed E-state index contributed by atoms with van der Waals surface area (Å²) in [5.74, 6) is -0.296. The second kappa shape index (κ2) is 35.7. The molecule has 0 bridgehead atoms. The Kier molecular flexibility index (Phi) is 34.8. The minimum absolute atomic E-state index is 0.107. The number of esters is 2. The lowest BCUT2D eigenvalue weighted by Gasteiger charge is -2.10. The predicted octanol–water partition coefficient (Wildman–Crippen LogP) is 10.9. The smallest absolute Gasteiger partial charge is 0.305 e. The SMILES string of the molecule is CCCCCCC(O)CCCCCCCCCCC(=O)OCCCOC(=O)CCCCCCCCCCC(O)CCCCCC. The van der Waals surface area contributed by atoms with Gasteiger partial charge >= 0.3 is 11.9 Å². The summed E-state index contributed by atoms with van der Waals surface area (Å²) in [5, 5.41) is 20.1. The number of hydrogen-bond acceptors (Lipinski definition) is 6. The van der Waals surface area contributed by atoms with Gasteiger partial charge < -0.3 is 19.7 Å². The molecular weight excluding hydrogens is 564 g/mol. The van der Waals surface area contributed by atoms with Crippen LogP contribution in [0.4, 0.5) is 0 Å². The van der Waals surface area contributed by atoms with E-state index in [1.165, 1.54) is 89.9 Å². The van der Waals surface area contributed by atoms with Crippen molar-refractivity contribution in [3.05, 3.63) is 0 Å². The minimum Gasteiger partial charge on any atom is -0.466 e. The van der Waals surface area contributed by atoms with Gasteiger partial charge in [-0.15, -0.1) is 0 Å². The molecule has 0 aromatic carbocycles. The number of rotatable bonds is 36. The Balaban J connectivity index is 3.34. The third-order valence-electron chi connectivity index (χ3n) is 8.93. The first kappa shape index (κ1) is 43.9. The highest BCUT2D eigenvalue weighted by Gasteiger charge is 2.07. The summed E-state index contributed by atoms with van der Waals surface area (Å²) in [4.78, 5) is 23.8. The maximum atomic E-state index is 11.9. The van der Waals surface area contributed by atoms with Crippen LogP contribution in [-0.2, 0) is 19.1 Å². The van der Waals surface area contributed by atoms with Gasteiger partial charge in [-0.2, -0.15) is 0 Å². The Morgan fingerprint density at radius 3 is 0.978 bits per heavy atom. The van der Waals surface area contributed by atoms with Crippen molar-refractivity contribution in [2.45, 2.75) is 225 Å². The average molecular weight is 641 g/mol. The Bertz CT molecular complexity index is 573. The van der Waals surface area contributed by atoms with E-state index in [1.54, 1.807) is 0 Å². The number of aliphatic hydroxyl groups is 2. The monoisotopic (exact) mass is 641 g/mol. The molecule has 0 aliphatic rings. The fourth-order valence-corrected chi connectivity index (χ4v) is 5.90. The maximum absolute atomic E-state index is 11.9. The van der Waals surface area contributed by atoms with Crippen molar-refractivity contribution in [1.29, 1.82) is 0 Å². The maximum Gasteiger partial charge on any atom is 0.305 e. The first-order valence-electron chi connectivity index (χ1n) is 19.7. The summed E-state index contributed by atoms with van der Waals surface area (Å²) in [6.07, 6.45) is 33.2. The molecule has 0 saturated carbocycles. The van der Waals surface area contributed by atoms with Gasteiger partial charge in [0.15, 0.2) is 0 Å². The summed E-state index contributed by atoms with van der Waals surface area (Å²) in [6, 6.07) is 0. The fourth-order valence-electron chi connectivity index (χ4n) is 5.90. The van der Waals surface area contributed by atoms with Crippen LogP contribution in [0, 0.1) is 0 Å². The van der Waals surface area contributed by atoms with E-state index in [0.29, 0.717) is 32.5 Å². The molecule has 45 heavy (non-hydrogen) atoms. The van der Waals surface area contributed by atoms with E-state index in [1.807, 2.05) is 0 Å². The molecule has 0 saturated heterocycles. The van der Waals surface area contributed by atoms with Crippen LogP contribution in [0.1, 0.15) is 213 Å². The molecule has 6 nitrogen and oxygen atoms in total. The number of hydrogen-bond donors (Lipinski definition) is 2. The minimum atomic E-state index is -0.148. The second-order valence-corrected chi connectivity index (χ2v) is 13.5. The molecule has 0 spiro atoms. The van der Waals surface area contributed by atoms with Crippen molar-refractivity contribution in [2.75, 3.05) is 13.2 Å². The predicted molar refractivity (Wildman–Crippen MR) is 188 cm³/mol. The van der Waals surface area contributed by atoms with E-state index in [4.69, 9.17) is 9.47 Å². The van der Waals surface area contributed by atoms with Crippen LogP contribution in [0.25, 0.3) is 0 Å². The van der Waals surface area contributed by atoms with Gasteiger partial charge in [-0.05, 0) is 38.5 Å². The zero-order valence-electron chi connectivity index (χ0n) is 30.0. The summed E-state index contributed by atoms with van der Waals surface area (Å²) in [6.45, 7) is 5.07. The first-order valence-corrected chi connectivity index (χ1v) is 19.7. The van der Waals surface area contributed by atoms with Gasteiger partial charge in [0.1, 0.15) is 0 Å². The number of carbonyl (C=O) groups is 2. The van der Waals surface area contributed by atoms with Gasteiger partial charge in [-0.25, -0.2) is 0 Å². The summed E-state index contributed by atoms with van der Waals surface area (Å²) in [7, 11) is 0. The third-order valence-corrected chi connectivity index (χ3v) is 8.93. The van der Waals surface area contributed by atoms with Crippen LogP contribution in [0.15, 0.2) is 0 Å². The molecule has 0 rings (SSSR count). The molecule has 0 aromatic rings. The third kappa shape index (κ3) is 35.6. The van der Waals surface area contributed by atoms with Gasteiger partial charge in [-0.3, -0.25) is 9.59 Å². The van der Waals surface area contributed by atoms with Gasteiger partial charge in [-0.1, -0.05) is 155 Å². The molecule has 2 unspecified atom stereocenters. The number of aliphatic hydroxyl groups excluding tert-OH is 2. The fraction of sp³-hybridized carbons (Fsp3) is 0.949. The lowest BCUT2D eigenvalue weighted by atomic mass is 10.0. The zero-order valence-corrected chi connectivity index (χ0v) is 30.0. The molecule has 0 fully saturated rings. The van der Waals surface area contributed by atoms with E-state index in [-0.39, 0.29) is 24.1 Å². The zero-order chi connectivity index (χ0) is 33.1. The molecular formula is C39H76O6. The van der Waals surface area contributed by atoms with Crippen LogP contribution in [0.2, 0.25) is 0 Å². The highest BCUT2D eigenvalue weighted by atomic mass is 16.5. The van der Waals surface area contributed by atoms with Gasteiger partial charge in [0.05, 0.1) is 25.4 Å². The Labute approximate surface area is 279 Å². The first-order chi connectivity index (χ1) is 22.0. The van der Waals surface area contributed by atoms with Gasteiger partial charge in [0.25, 0.3) is 0 Å². The van der Waals surface area contributed by atoms with E-state index >= 15 is 0 Å². The molecule has 6 heteroatoms. The van der Waals surface area contributed by atoms with Crippen molar-refractivity contribution < 1.29 is 29.3 Å². The van der Waals surface area contributed by atoms with Gasteiger partial charge in [0.2, 0.25) is 0 Å². The molecule has 2 atom stereocenters. The number of unbranched alkanes of at least 4 members (excludes halogenated alkanes) is 20. The summed E-state index contributed by atoms with van der Waals surface area (Å²) < 4.78 is 10.6. The number of carbonyl (C=O) groups excluding carboxylic acids is 2. The lowest BCUT2D eigenvalue weighted by molar-refractivity contribution is -0.146. The molecule has 0 aliphatic carbocycles. The van der Waals surface area contributed by atoms with Gasteiger partial charge in [0, 0.05) is 19.3 Å². The second-order valence-electron chi connectivity index (χ2n) is 13.5. The van der Waals surface area contributed by atoms with E-state index in [9.17, 15) is 19.8 Å². The molecule has 0 radical (unpaired) electrons. The molecule has 268 valence electrons. The summed E-state index contributed by atoms with van der Waals surface area (Å²) >= 11 is 0. The van der Waals surface area contributed by atoms with Crippen molar-refractivity contribution >= 4 is 11.9 Å². The largest absolute Gasteiger partial charge is 0.466 e. The van der Waals surface area contributed by atoms with Crippen molar-refractivity contribution in [2.24, 2.45) is 0 Å². The molecule has 0 aliphatic heterocycles. The van der Waals surface area contributed by atoms with Crippen LogP contribution in [0.3, 0.4) is 0 Å². The Morgan fingerprint density at radius 1 is 0.400 bits per heavy atom. The lowest BCUT2D eigenvalue weighted by Crippen LogP contribution is -2.10. The normalized spacial score (nSPS) is 12.7. The van der Waals surface area contributed by atoms with Crippen molar-refractivity contribution in [3.63, 3.8) is 0 Å². The highest BCUT2D eigenvalue weighted by molar-refractivity contribution is 5.69. The van der Waals surface area contributed by atoms with Crippen LogP contribution in [0.5, 0.6) is 0 Å². The molecule has 2 N–H and O–H groups in total. The topological polar surface area (TPSA) is 93.1 Å². The molecule has 0 aromatic heterocycles. The van der Waals surface area contributed by atoms with Crippen LogP contribution in [-0.4, -0.2) is 47.6 Å². The van der Waals surface area contributed by atoms with Crippen molar-refractivity contribution in [3.8, 4) is 0 Å².